The summed E-state index contributed by atoms with van der Waals surface area (Å²) in [4.78, 5) is 17.7. The summed E-state index contributed by atoms with van der Waals surface area (Å²) < 4.78 is 5.35. The quantitative estimate of drug-likeness (QED) is 0.903. The van der Waals surface area contributed by atoms with Crippen molar-refractivity contribution in [3.63, 3.8) is 0 Å². The number of hydrogen-bond donors (Lipinski definition) is 1. The fourth-order valence-electron chi connectivity index (χ4n) is 7.39. The number of carbonyl (C=O) groups excluding carboxylic acids is 1. The Morgan fingerprint density at radius 3 is 2.72 bits per heavy atom. The number of nitrogens with zero attached hydrogens (tertiary/aromatic N) is 1. The molecule has 4 saturated carbocycles. The van der Waals surface area contributed by atoms with Crippen molar-refractivity contribution in [1.29, 1.82) is 0 Å². The van der Waals surface area contributed by atoms with E-state index in [-0.39, 0.29) is 28.5 Å². The van der Waals surface area contributed by atoms with E-state index >= 15 is 0 Å². The van der Waals surface area contributed by atoms with Crippen molar-refractivity contribution in [2.45, 2.75) is 44.6 Å². The van der Waals surface area contributed by atoms with E-state index in [4.69, 9.17) is 9.73 Å². The van der Waals surface area contributed by atoms with Gasteiger partial charge in [-0.25, -0.2) is 0 Å². The molecule has 130 valence electrons. The van der Waals surface area contributed by atoms with Gasteiger partial charge >= 0.3 is 0 Å². The standard InChI is InChI=1S/C21H23NO3/c1-9-6-12(9)22-19-11-7-10-4-5-14(25-3)16(24)15(10)21-8-13(23)18(21)20(19,2)17(11)21/h4-5,9,11,17-19,24H,6-8H2,1-3H3. The second-order valence-corrected chi connectivity index (χ2v) is 9.15. The summed E-state index contributed by atoms with van der Waals surface area (Å²) in [5.41, 5.74) is 3.42. The number of rotatable bonds is 2. The van der Waals surface area contributed by atoms with Crippen molar-refractivity contribution in [1.82, 2.24) is 0 Å². The molecule has 4 heteroatoms. The van der Waals surface area contributed by atoms with Crippen molar-refractivity contribution >= 4 is 11.5 Å². The topological polar surface area (TPSA) is 58.9 Å². The fraction of sp³-hybridized carbons (Fsp3) is 0.619. The maximum Gasteiger partial charge on any atom is 0.161 e. The van der Waals surface area contributed by atoms with E-state index in [0.717, 1.165) is 18.4 Å². The predicted octanol–water partition coefficient (Wildman–Crippen LogP) is 2.90. The molecule has 6 rings (SSSR count). The number of aromatic hydroxyl groups is 1. The van der Waals surface area contributed by atoms with Gasteiger partial charge in [0.05, 0.1) is 13.2 Å². The summed E-state index contributed by atoms with van der Waals surface area (Å²) in [6.07, 6.45) is 2.68. The van der Waals surface area contributed by atoms with Gasteiger partial charge in [0.1, 0.15) is 5.78 Å². The number of benzene rings is 1. The first kappa shape index (κ1) is 14.3. The number of aliphatic imine (C=N–C) groups is 1. The van der Waals surface area contributed by atoms with Crippen LogP contribution in [0.25, 0.3) is 0 Å². The largest absolute Gasteiger partial charge is 0.504 e. The normalized spacial score (nSPS) is 49.2. The van der Waals surface area contributed by atoms with Crippen LogP contribution in [0.4, 0.5) is 0 Å². The van der Waals surface area contributed by atoms with Crippen LogP contribution in [0, 0.1) is 29.1 Å². The van der Waals surface area contributed by atoms with Crippen molar-refractivity contribution in [2.75, 3.05) is 7.11 Å². The molecule has 0 bridgehead atoms. The number of phenolic OH excluding ortho intramolecular Hbond substituents is 1. The third-order valence-corrected chi connectivity index (χ3v) is 8.22. The van der Waals surface area contributed by atoms with Gasteiger partial charge in [-0.05, 0) is 42.2 Å². The van der Waals surface area contributed by atoms with E-state index in [1.807, 2.05) is 6.07 Å². The van der Waals surface area contributed by atoms with Crippen LogP contribution in [0.5, 0.6) is 11.5 Å². The molecule has 5 aliphatic rings. The highest BCUT2D eigenvalue weighted by atomic mass is 16.5. The monoisotopic (exact) mass is 337 g/mol. The molecular formula is C21H23NO3. The lowest BCUT2D eigenvalue weighted by Crippen LogP contribution is -2.88. The lowest BCUT2D eigenvalue weighted by atomic mass is 9.18. The molecule has 1 aromatic rings. The van der Waals surface area contributed by atoms with Gasteiger partial charge in [-0.3, -0.25) is 9.79 Å². The molecule has 1 N–H and O–H groups in total. The molecule has 0 saturated heterocycles. The zero-order valence-corrected chi connectivity index (χ0v) is 14.9. The Bertz CT molecular complexity index is 889. The van der Waals surface area contributed by atoms with E-state index in [0.29, 0.717) is 35.7 Å². The minimum atomic E-state index is -0.144. The van der Waals surface area contributed by atoms with Crippen LogP contribution in [-0.2, 0) is 16.6 Å². The molecule has 0 radical (unpaired) electrons. The van der Waals surface area contributed by atoms with Gasteiger partial charge in [0.15, 0.2) is 11.5 Å². The van der Waals surface area contributed by atoms with Crippen LogP contribution in [0.15, 0.2) is 17.1 Å². The highest BCUT2D eigenvalue weighted by molar-refractivity contribution is 6.01. The molecule has 4 nitrogen and oxygen atoms in total. The Balaban J connectivity index is 1.52. The summed E-state index contributed by atoms with van der Waals surface area (Å²) >= 11 is 0. The first-order chi connectivity index (χ1) is 11.9. The zero-order valence-electron chi connectivity index (χ0n) is 14.9. The maximum absolute atomic E-state index is 12.6. The molecule has 5 aliphatic carbocycles. The van der Waals surface area contributed by atoms with E-state index in [1.54, 1.807) is 7.11 Å². The number of carbonyl (C=O) groups is 1. The molecule has 0 aliphatic heterocycles. The van der Waals surface area contributed by atoms with E-state index < -0.39 is 0 Å². The number of methoxy groups -OCH3 is 1. The summed E-state index contributed by atoms with van der Waals surface area (Å²) in [5.74, 6) is 2.83. The van der Waals surface area contributed by atoms with Gasteiger partial charge in [0, 0.05) is 34.4 Å². The van der Waals surface area contributed by atoms with E-state index in [1.165, 1.54) is 11.3 Å². The predicted molar refractivity (Wildman–Crippen MR) is 93.2 cm³/mol. The average molecular weight is 337 g/mol. The van der Waals surface area contributed by atoms with Crippen molar-refractivity contribution in [2.24, 2.45) is 34.1 Å². The number of Topliss-reactive ketones (excluding diaryl/α,β-unsaturated/α-hetero) is 1. The Morgan fingerprint density at radius 2 is 2.08 bits per heavy atom. The molecule has 0 heterocycles. The second-order valence-electron chi connectivity index (χ2n) is 9.15. The number of ketones is 1. The smallest absolute Gasteiger partial charge is 0.161 e. The fourth-order valence-corrected chi connectivity index (χ4v) is 7.39. The van der Waals surface area contributed by atoms with Crippen molar-refractivity contribution in [3.8, 4) is 11.5 Å². The van der Waals surface area contributed by atoms with Crippen LogP contribution in [0.3, 0.4) is 0 Å². The lowest BCUT2D eigenvalue weighted by Gasteiger charge is -2.84. The Morgan fingerprint density at radius 1 is 1.32 bits per heavy atom. The summed E-state index contributed by atoms with van der Waals surface area (Å²) in [5, 5.41) is 10.8. The molecule has 0 amide bonds. The Kier molecular flexibility index (Phi) is 2.26. The highest BCUT2D eigenvalue weighted by Crippen LogP contribution is 2.85. The summed E-state index contributed by atoms with van der Waals surface area (Å²) in [6, 6.07) is 4.25. The van der Waals surface area contributed by atoms with Gasteiger partial charge in [0.25, 0.3) is 0 Å². The molecule has 25 heavy (non-hydrogen) atoms. The van der Waals surface area contributed by atoms with Crippen molar-refractivity contribution in [3.05, 3.63) is 23.3 Å². The third kappa shape index (κ3) is 1.27. The van der Waals surface area contributed by atoms with Gasteiger partial charge in [-0.15, -0.1) is 0 Å². The number of phenols is 1. The summed E-state index contributed by atoms with van der Waals surface area (Å²) in [7, 11) is 1.59. The van der Waals surface area contributed by atoms with Crippen LogP contribution >= 0.6 is 0 Å². The Labute approximate surface area is 147 Å². The molecule has 1 spiro atoms. The summed E-state index contributed by atoms with van der Waals surface area (Å²) in [6.45, 7) is 4.51. The minimum absolute atomic E-state index is 0.00250. The van der Waals surface area contributed by atoms with Crippen LogP contribution < -0.4 is 4.74 Å². The van der Waals surface area contributed by atoms with Gasteiger partial charge < -0.3 is 9.84 Å². The highest BCUT2D eigenvalue weighted by Gasteiger charge is 2.88. The molecule has 7 atom stereocenters. The van der Waals surface area contributed by atoms with Crippen LogP contribution in [-0.4, -0.2) is 29.8 Å². The molecule has 1 aromatic carbocycles. The van der Waals surface area contributed by atoms with Crippen LogP contribution in [0.2, 0.25) is 0 Å². The number of hydrogen-bond acceptors (Lipinski definition) is 4. The Hall–Kier alpha value is -1.84. The molecule has 7 unspecified atom stereocenters. The average Bonchev–Trinajstić information content (AvgIpc) is 3.26. The van der Waals surface area contributed by atoms with Crippen LogP contribution in [0.1, 0.15) is 37.8 Å². The third-order valence-electron chi connectivity index (χ3n) is 8.22. The van der Waals surface area contributed by atoms with Gasteiger partial charge in [-0.1, -0.05) is 19.9 Å². The van der Waals surface area contributed by atoms with Crippen molar-refractivity contribution < 1.29 is 14.6 Å². The molecule has 4 fully saturated rings. The number of ether oxygens (including phenoxy) is 1. The van der Waals surface area contributed by atoms with E-state index in [9.17, 15) is 9.90 Å². The lowest BCUT2D eigenvalue weighted by molar-refractivity contribution is -0.290. The first-order valence-electron chi connectivity index (χ1n) is 9.43. The second kappa shape index (κ2) is 3.94. The number of fused-ring (bicyclic) bond motifs is 2. The van der Waals surface area contributed by atoms with E-state index in [2.05, 4.69) is 19.9 Å². The first-order valence-corrected chi connectivity index (χ1v) is 9.43. The minimum Gasteiger partial charge on any atom is -0.504 e. The molecule has 0 aromatic heterocycles. The van der Waals surface area contributed by atoms with Gasteiger partial charge in [0.2, 0.25) is 0 Å². The maximum atomic E-state index is 12.6. The zero-order chi connectivity index (χ0) is 17.3. The molecular weight excluding hydrogens is 314 g/mol. The SMILES string of the molecule is COc1ccc2c(c1O)C13CC(=O)C1C1(C)C(N=C4CC4C)C(C2)C31. The van der Waals surface area contributed by atoms with Gasteiger partial charge in [-0.2, -0.15) is 0 Å².